The molecule has 1 atom stereocenters. The van der Waals surface area contributed by atoms with Crippen LogP contribution in [0.15, 0.2) is 12.2 Å². The van der Waals surface area contributed by atoms with Crippen molar-refractivity contribution in [2.24, 2.45) is 0 Å². The number of carbonyl (C=O) groups excluding carboxylic acids is 1. The van der Waals surface area contributed by atoms with Crippen molar-refractivity contribution in [3.8, 4) is 0 Å². The zero-order valence-corrected chi connectivity index (χ0v) is 9.25. The minimum atomic E-state index is -0.875. The van der Waals surface area contributed by atoms with E-state index >= 15 is 0 Å². The van der Waals surface area contributed by atoms with Gasteiger partial charge in [-0.1, -0.05) is 6.58 Å². The van der Waals surface area contributed by atoms with Gasteiger partial charge in [-0.05, 0) is 20.8 Å². The lowest BCUT2D eigenvalue weighted by atomic mass is 10.3. The molecule has 0 N–H and O–H groups in total. The van der Waals surface area contributed by atoms with Crippen LogP contribution in [0.1, 0.15) is 20.8 Å². The molecule has 0 heterocycles. The van der Waals surface area contributed by atoms with Crippen LogP contribution in [0.3, 0.4) is 0 Å². The lowest BCUT2D eigenvalue weighted by Gasteiger charge is -2.26. The van der Waals surface area contributed by atoms with Crippen molar-refractivity contribution in [1.82, 2.24) is 0 Å². The highest BCUT2D eigenvalue weighted by Crippen LogP contribution is 2.12. The molecule has 82 valence electrons. The van der Waals surface area contributed by atoms with Crippen molar-refractivity contribution < 1.29 is 19.0 Å². The number of rotatable bonds is 6. The fourth-order valence-electron chi connectivity index (χ4n) is 0.785. The first-order valence-electron chi connectivity index (χ1n) is 4.47. The van der Waals surface area contributed by atoms with Crippen LogP contribution < -0.4 is 0 Å². The van der Waals surface area contributed by atoms with Gasteiger partial charge in [-0.25, -0.2) is 4.79 Å². The van der Waals surface area contributed by atoms with Crippen LogP contribution in [0.4, 0.5) is 0 Å². The molecule has 14 heavy (non-hydrogen) atoms. The predicted octanol–water partition coefficient (Wildman–Crippen LogP) is 1.50. The standard InChI is InChI=1S/C10H18O4/c1-6-14-10(4,12-5)7-13-9(11)8(2)3/h2,6-7H2,1,3-5H3. The second-order valence-corrected chi connectivity index (χ2v) is 3.13. The summed E-state index contributed by atoms with van der Waals surface area (Å²) in [6, 6.07) is 0. The molecule has 0 rings (SSSR count). The highest BCUT2D eigenvalue weighted by atomic mass is 16.7. The van der Waals surface area contributed by atoms with E-state index < -0.39 is 11.8 Å². The summed E-state index contributed by atoms with van der Waals surface area (Å²) in [5.74, 6) is -1.31. The summed E-state index contributed by atoms with van der Waals surface area (Å²) < 4.78 is 15.3. The van der Waals surface area contributed by atoms with Gasteiger partial charge in [0, 0.05) is 19.3 Å². The van der Waals surface area contributed by atoms with Gasteiger partial charge in [0.25, 0.3) is 0 Å². The second kappa shape index (κ2) is 5.78. The minimum absolute atomic E-state index is 0.0586. The summed E-state index contributed by atoms with van der Waals surface area (Å²) >= 11 is 0. The maximum Gasteiger partial charge on any atom is 0.333 e. The third kappa shape index (κ3) is 4.39. The normalized spacial score (nSPS) is 14.6. The second-order valence-electron chi connectivity index (χ2n) is 3.13. The van der Waals surface area contributed by atoms with E-state index in [1.54, 1.807) is 13.8 Å². The van der Waals surface area contributed by atoms with Gasteiger partial charge in [-0.2, -0.15) is 0 Å². The molecular weight excluding hydrogens is 184 g/mol. The Labute approximate surface area is 84.8 Å². The van der Waals surface area contributed by atoms with E-state index in [4.69, 9.17) is 14.2 Å². The minimum Gasteiger partial charge on any atom is -0.457 e. The molecule has 0 bridgehead atoms. The third-order valence-electron chi connectivity index (χ3n) is 1.70. The van der Waals surface area contributed by atoms with Gasteiger partial charge in [0.1, 0.15) is 6.61 Å². The first kappa shape index (κ1) is 13.1. The Morgan fingerprint density at radius 3 is 2.43 bits per heavy atom. The van der Waals surface area contributed by atoms with Gasteiger partial charge in [0.15, 0.2) is 5.79 Å². The maximum atomic E-state index is 11.1. The van der Waals surface area contributed by atoms with Gasteiger partial charge >= 0.3 is 5.97 Å². The molecule has 0 aliphatic carbocycles. The van der Waals surface area contributed by atoms with Gasteiger partial charge < -0.3 is 14.2 Å². The van der Waals surface area contributed by atoms with Crippen LogP contribution in [0.25, 0.3) is 0 Å². The molecule has 0 aromatic carbocycles. The fraction of sp³-hybridized carbons (Fsp3) is 0.700. The summed E-state index contributed by atoms with van der Waals surface area (Å²) in [4.78, 5) is 11.1. The number of ether oxygens (including phenoxy) is 3. The molecule has 0 saturated heterocycles. The molecule has 0 radical (unpaired) electrons. The van der Waals surface area contributed by atoms with Crippen LogP contribution in [-0.4, -0.2) is 32.1 Å². The van der Waals surface area contributed by atoms with Crippen LogP contribution in [0, 0.1) is 0 Å². The highest BCUT2D eigenvalue weighted by molar-refractivity contribution is 5.86. The van der Waals surface area contributed by atoms with Gasteiger partial charge in [0.2, 0.25) is 0 Å². The fourth-order valence-corrected chi connectivity index (χ4v) is 0.785. The van der Waals surface area contributed by atoms with Crippen molar-refractivity contribution in [3.63, 3.8) is 0 Å². The zero-order chi connectivity index (χ0) is 11.2. The van der Waals surface area contributed by atoms with Crippen molar-refractivity contribution in [2.75, 3.05) is 20.3 Å². The number of methoxy groups -OCH3 is 1. The molecule has 0 aliphatic heterocycles. The topological polar surface area (TPSA) is 44.8 Å². The number of hydrogen-bond donors (Lipinski definition) is 0. The molecular formula is C10H18O4. The smallest absolute Gasteiger partial charge is 0.333 e. The van der Waals surface area contributed by atoms with E-state index in [1.807, 2.05) is 6.92 Å². The summed E-state index contributed by atoms with van der Waals surface area (Å²) in [5, 5.41) is 0. The van der Waals surface area contributed by atoms with E-state index in [0.717, 1.165) is 0 Å². The van der Waals surface area contributed by atoms with E-state index in [-0.39, 0.29) is 6.61 Å². The molecule has 1 unspecified atom stereocenters. The van der Waals surface area contributed by atoms with Gasteiger partial charge in [0.05, 0.1) is 0 Å². The first-order valence-corrected chi connectivity index (χ1v) is 4.47. The molecule has 4 nitrogen and oxygen atoms in total. The zero-order valence-electron chi connectivity index (χ0n) is 9.25. The van der Waals surface area contributed by atoms with Crippen LogP contribution in [0.2, 0.25) is 0 Å². The van der Waals surface area contributed by atoms with E-state index in [0.29, 0.717) is 12.2 Å². The summed E-state index contributed by atoms with van der Waals surface area (Å²) in [7, 11) is 1.50. The predicted molar refractivity (Wildman–Crippen MR) is 52.8 cm³/mol. The lowest BCUT2D eigenvalue weighted by molar-refractivity contribution is -0.232. The van der Waals surface area contributed by atoms with Crippen molar-refractivity contribution >= 4 is 5.97 Å². The van der Waals surface area contributed by atoms with Crippen LogP contribution in [0.5, 0.6) is 0 Å². The molecule has 0 fully saturated rings. The molecule has 0 aromatic rings. The van der Waals surface area contributed by atoms with Crippen molar-refractivity contribution in [3.05, 3.63) is 12.2 Å². The Hall–Kier alpha value is -0.870. The third-order valence-corrected chi connectivity index (χ3v) is 1.70. The Morgan fingerprint density at radius 2 is 2.07 bits per heavy atom. The van der Waals surface area contributed by atoms with E-state index in [9.17, 15) is 4.79 Å². The quantitative estimate of drug-likeness (QED) is 0.372. The van der Waals surface area contributed by atoms with Gasteiger partial charge in [-0.15, -0.1) is 0 Å². The Bertz CT molecular complexity index is 212. The highest BCUT2D eigenvalue weighted by Gasteiger charge is 2.26. The molecule has 0 aliphatic rings. The van der Waals surface area contributed by atoms with Crippen LogP contribution >= 0.6 is 0 Å². The molecule has 4 heteroatoms. The molecule has 0 aromatic heterocycles. The first-order chi connectivity index (χ1) is 6.45. The van der Waals surface area contributed by atoms with Crippen LogP contribution in [-0.2, 0) is 19.0 Å². The number of hydrogen-bond acceptors (Lipinski definition) is 4. The Balaban J connectivity index is 4.07. The molecule has 0 saturated carbocycles. The SMILES string of the molecule is C=C(C)C(=O)OCC(C)(OC)OCC. The number of carbonyl (C=O) groups is 1. The summed E-state index contributed by atoms with van der Waals surface area (Å²) in [5.41, 5.74) is 0.361. The van der Waals surface area contributed by atoms with Gasteiger partial charge in [-0.3, -0.25) is 0 Å². The Morgan fingerprint density at radius 1 is 1.50 bits per heavy atom. The largest absolute Gasteiger partial charge is 0.457 e. The van der Waals surface area contributed by atoms with E-state index in [1.165, 1.54) is 7.11 Å². The lowest BCUT2D eigenvalue weighted by Crippen LogP contribution is -2.37. The Kier molecular flexibility index (Phi) is 5.42. The average molecular weight is 202 g/mol. The average Bonchev–Trinajstić information content (AvgIpc) is 2.14. The summed E-state index contributed by atoms with van der Waals surface area (Å²) in [6.07, 6.45) is 0. The van der Waals surface area contributed by atoms with Crippen molar-refractivity contribution in [2.45, 2.75) is 26.6 Å². The monoisotopic (exact) mass is 202 g/mol. The van der Waals surface area contributed by atoms with E-state index in [2.05, 4.69) is 6.58 Å². The summed E-state index contributed by atoms with van der Waals surface area (Å²) in [6.45, 7) is 9.17. The molecule has 0 amide bonds. The molecule has 0 spiro atoms. The number of esters is 1. The maximum absolute atomic E-state index is 11.1. The van der Waals surface area contributed by atoms with Crippen molar-refractivity contribution in [1.29, 1.82) is 0 Å².